The second-order valence-electron chi connectivity index (χ2n) is 17.6. The molecule has 67 heavy (non-hydrogen) atoms. The van der Waals surface area contributed by atoms with Crippen molar-refractivity contribution in [3.05, 3.63) is 283 Å². The van der Waals surface area contributed by atoms with Crippen LogP contribution in [0.4, 0.5) is 17.1 Å². The summed E-state index contributed by atoms with van der Waals surface area (Å²) in [5, 5.41) is 2.34. The second kappa shape index (κ2) is 15.8. The molecule has 1 aliphatic heterocycles. The van der Waals surface area contributed by atoms with Crippen LogP contribution in [0.15, 0.2) is 261 Å². The van der Waals surface area contributed by atoms with Crippen LogP contribution >= 0.6 is 0 Å². The van der Waals surface area contributed by atoms with E-state index in [-0.39, 0.29) is 0 Å². The summed E-state index contributed by atoms with van der Waals surface area (Å²) in [7, 11) is 0. The van der Waals surface area contributed by atoms with Gasteiger partial charge in [-0.3, -0.25) is 0 Å². The van der Waals surface area contributed by atoms with E-state index in [1.807, 2.05) is 0 Å². The van der Waals surface area contributed by atoms with Crippen molar-refractivity contribution in [2.24, 2.45) is 0 Å². The first-order valence-electron chi connectivity index (χ1n) is 23.1. The summed E-state index contributed by atoms with van der Waals surface area (Å²) < 4.78 is 6.53. The number of rotatable bonds is 8. The van der Waals surface area contributed by atoms with Crippen LogP contribution in [0.25, 0.3) is 66.4 Å². The average molecular weight is 854 g/mol. The van der Waals surface area contributed by atoms with Gasteiger partial charge in [-0.2, -0.15) is 0 Å². The van der Waals surface area contributed by atoms with Crippen molar-refractivity contribution in [1.82, 2.24) is 0 Å². The van der Waals surface area contributed by atoms with Crippen molar-refractivity contribution >= 4 is 27.8 Å². The molecular formula is C65H43NO. The topological polar surface area (TPSA) is 12.5 Å². The molecule has 1 aliphatic carbocycles. The van der Waals surface area contributed by atoms with Crippen LogP contribution in [-0.4, -0.2) is 0 Å². The van der Waals surface area contributed by atoms with E-state index in [0.29, 0.717) is 0 Å². The SMILES string of the molecule is c1ccc(-c2ccc(-c3ccc(N(c4cccc(-c5ccc6c(c5)-c5cccc7cccc(c57)O6)c4)c4cccc5c4-c4ccccc4C5(c4ccccc4)c4ccccc4)cc3)cc2)cc1. The van der Waals surface area contributed by atoms with Crippen LogP contribution < -0.4 is 9.64 Å². The molecule has 0 fully saturated rings. The van der Waals surface area contributed by atoms with Crippen LogP contribution in [0.2, 0.25) is 0 Å². The van der Waals surface area contributed by atoms with Gasteiger partial charge < -0.3 is 9.64 Å². The summed E-state index contributed by atoms with van der Waals surface area (Å²) in [4.78, 5) is 2.46. The van der Waals surface area contributed by atoms with Gasteiger partial charge in [0.15, 0.2) is 0 Å². The van der Waals surface area contributed by atoms with E-state index >= 15 is 0 Å². The zero-order chi connectivity index (χ0) is 44.3. The minimum Gasteiger partial charge on any atom is -0.456 e. The Hall–Kier alpha value is -8.72. The molecule has 2 heteroatoms. The molecule has 314 valence electrons. The zero-order valence-corrected chi connectivity index (χ0v) is 36.7. The van der Waals surface area contributed by atoms with Gasteiger partial charge >= 0.3 is 0 Å². The molecule has 0 amide bonds. The van der Waals surface area contributed by atoms with Gasteiger partial charge in [0.1, 0.15) is 11.5 Å². The molecule has 0 unspecified atom stereocenters. The van der Waals surface area contributed by atoms with Gasteiger partial charge in [0.05, 0.1) is 11.1 Å². The number of hydrogen-bond donors (Lipinski definition) is 0. The predicted molar refractivity (Wildman–Crippen MR) is 278 cm³/mol. The number of nitrogens with zero attached hydrogens (tertiary/aromatic N) is 1. The molecule has 11 aromatic carbocycles. The fourth-order valence-corrected chi connectivity index (χ4v) is 10.9. The largest absolute Gasteiger partial charge is 0.456 e. The van der Waals surface area contributed by atoms with Crippen LogP contribution in [0, 0.1) is 0 Å². The van der Waals surface area contributed by atoms with Crippen molar-refractivity contribution in [3.63, 3.8) is 0 Å². The van der Waals surface area contributed by atoms with Crippen LogP contribution in [0.5, 0.6) is 11.5 Å². The highest BCUT2D eigenvalue weighted by molar-refractivity contribution is 6.05. The number of fused-ring (bicyclic) bond motifs is 5. The second-order valence-corrected chi connectivity index (χ2v) is 17.6. The predicted octanol–water partition coefficient (Wildman–Crippen LogP) is 17.4. The third-order valence-corrected chi connectivity index (χ3v) is 13.9. The standard InChI is InChI=1S/C65H43NO/c1-4-16-44(17-5-1)45-32-34-46(35-33-45)47-36-39-53(40-37-47)66(54-25-12-20-49(42-54)50-38-41-61-57(43-50)55-27-13-18-48-19-14-31-62(67-61)63(48)55)60-30-15-29-59-64(60)56-26-10-11-28-58(56)65(59,51-21-6-2-7-22-51)52-23-8-3-9-24-52/h1-43H. The minimum atomic E-state index is -0.527. The van der Waals surface area contributed by atoms with Gasteiger partial charge in [0, 0.05) is 27.9 Å². The van der Waals surface area contributed by atoms with Gasteiger partial charge in [-0.25, -0.2) is 0 Å². The molecule has 0 atom stereocenters. The van der Waals surface area contributed by atoms with Crippen molar-refractivity contribution in [1.29, 1.82) is 0 Å². The molecule has 0 aromatic heterocycles. The molecule has 2 nitrogen and oxygen atoms in total. The Morgan fingerprint density at radius 1 is 0.313 bits per heavy atom. The third-order valence-electron chi connectivity index (χ3n) is 13.9. The Balaban J connectivity index is 0.991. The van der Waals surface area contributed by atoms with Crippen LogP contribution in [-0.2, 0) is 5.41 Å². The molecule has 0 saturated heterocycles. The van der Waals surface area contributed by atoms with Gasteiger partial charge in [-0.1, -0.05) is 212 Å². The number of anilines is 3. The Kier molecular flexibility index (Phi) is 9.11. The molecule has 0 saturated carbocycles. The highest BCUT2D eigenvalue weighted by Crippen LogP contribution is 2.59. The Bertz CT molecular complexity index is 3590. The van der Waals surface area contributed by atoms with Crippen molar-refractivity contribution < 1.29 is 4.74 Å². The fraction of sp³-hybridized carbons (Fsp3) is 0.0154. The molecule has 2 aliphatic rings. The number of hydrogen-bond acceptors (Lipinski definition) is 2. The summed E-state index contributed by atoms with van der Waals surface area (Å²) in [5.41, 5.74) is 19.6. The Labute approximate surface area is 391 Å². The summed E-state index contributed by atoms with van der Waals surface area (Å²) in [5.74, 6) is 1.78. The smallest absolute Gasteiger partial charge is 0.135 e. The van der Waals surface area contributed by atoms with Gasteiger partial charge in [-0.15, -0.1) is 0 Å². The van der Waals surface area contributed by atoms with Crippen LogP contribution in [0.1, 0.15) is 22.3 Å². The quantitative estimate of drug-likeness (QED) is 0.151. The normalized spacial score (nSPS) is 12.7. The summed E-state index contributed by atoms with van der Waals surface area (Å²) in [6, 6.07) is 95.1. The fourth-order valence-electron chi connectivity index (χ4n) is 10.9. The van der Waals surface area contributed by atoms with E-state index < -0.39 is 5.41 Å². The first kappa shape index (κ1) is 38.7. The van der Waals surface area contributed by atoms with Gasteiger partial charge in [0.25, 0.3) is 0 Å². The van der Waals surface area contributed by atoms with E-state index in [4.69, 9.17) is 4.74 Å². The maximum atomic E-state index is 6.53. The molecular weight excluding hydrogens is 811 g/mol. The summed E-state index contributed by atoms with van der Waals surface area (Å²) in [6.45, 7) is 0. The molecule has 0 radical (unpaired) electrons. The minimum absolute atomic E-state index is 0.527. The van der Waals surface area contributed by atoms with Gasteiger partial charge in [0.2, 0.25) is 0 Å². The van der Waals surface area contributed by atoms with Crippen LogP contribution in [0.3, 0.4) is 0 Å². The molecule has 0 N–H and O–H groups in total. The average Bonchev–Trinajstić information content (AvgIpc) is 3.72. The van der Waals surface area contributed by atoms with Crippen molar-refractivity contribution in [2.75, 3.05) is 4.90 Å². The number of benzene rings is 11. The molecule has 1 heterocycles. The lowest BCUT2D eigenvalue weighted by atomic mass is 9.68. The Morgan fingerprint density at radius 3 is 1.55 bits per heavy atom. The molecule has 0 bridgehead atoms. The monoisotopic (exact) mass is 853 g/mol. The lowest BCUT2D eigenvalue weighted by Gasteiger charge is -2.34. The van der Waals surface area contributed by atoms with E-state index in [2.05, 4.69) is 266 Å². The molecule has 11 aromatic rings. The first-order valence-corrected chi connectivity index (χ1v) is 23.1. The molecule has 13 rings (SSSR count). The highest BCUT2D eigenvalue weighted by Gasteiger charge is 2.47. The maximum absolute atomic E-state index is 6.53. The lowest BCUT2D eigenvalue weighted by Crippen LogP contribution is -2.28. The van der Waals surface area contributed by atoms with Gasteiger partial charge in [-0.05, 0) is 121 Å². The van der Waals surface area contributed by atoms with E-state index in [0.717, 1.165) is 50.6 Å². The molecule has 0 spiro atoms. The van der Waals surface area contributed by atoms with E-state index in [1.54, 1.807) is 0 Å². The van der Waals surface area contributed by atoms with Crippen molar-refractivity contribution in [2.45, 2.75) is 5.41 Å². The van der Waals surface area contributed by atoms with Crippen molar-refractivity contribution in [3.8, 4) is 67.1 Å². The van der Waals surface area contributed by atoms with E-state index in [1.165, 1.54) is 66.6 Å². The maximum Gasteiger partial charge on any atom is 0.135 e. The zero-order valence-electron chi connectivity index (χ0n) is 36.7. The first-order chi connectivity index (χ1) is 33.2. The Morgan fingerprint density at radius 2 is 0.836 bits per heavy atom. The summed E-state index contributed by atoms with van der Waals surface area (Å²) >= 11 is 0. The lowest BCUT2D eigenvalue weighted by molar-refractivity contribution is 0.487. The third kappa shape index (κ3) is 6.26. The highest BCUT2D eigenvalue weighted by atomic mass is 16.5. The number of ether oxygens (including phenoxy) is 1. The van der Waals surface area contributed by atoms with E-state index in [9.17, 15) is 0 Å². The summed E-state index contributed by atoms with van der Waals surface area (Å²) in [6.07, 6.45) is 0.